The molecular formula is C20H16Cl2F3N3O3S. The Bertz CT molecular complexity index is 1200. The third kappa shape index (κ3) is 5.32. The van der Waals surface area contributed by atoms with Crippen LogP contribution in [-0.2, 0) is 21.0 Å². The van der Waals surface area contributed by atoms with Crippen LogP contribution in [-0.4, -0.2) is 33.1 Å². The Hall–Kier alpha value is -2.40. The predicted octanol–water partition coefficient (Wildman–Crippen LogP) is 4.59. The van der Waals surface area contributed by atoms with E-state index in [4.69, 9.17) is 23.2 Å². The molecule has 1 heterocycles. The summed E-state index contributed by atoms with van der Waals surface area (Å²) < 4.78 is 67.4. The zero-order valence-electron chi connectivity index (χ0n) is 16.4. The first kappa shape index (κ1) is 24.2. The van der Waals surface area contributed by atoms with Crippen LogP contribution in [0.15, 0.2) is 69.7 Å². The van der Waals surface area contributed by atoms with E-state index >= 15 is 0 Å². The highest BCUT2D eigenvalue weighted by molar-refractivity contribution is 7.89. The minimum atomic E-state index is -4.85. The van der Waals surface area contributed by atoms with Gasteiger partial charge in [-0.2, -0.15) is 13.2 Å². The van der Waals surface area contributed by atoms with Gasteiger partial charge in [0.2, 0.25) is 10.0 Å². The summed E-state index contributed by atoms with van der Waals surface area (Å²) in [5.41, 5.74) is -0.915. The molecule has 2 aromatic carbocycles. The lowest BCUT2D eigenvalue weighted by molar-refractivity contribution is -0.137. The lowest BCUT2D eigenvalue weighted by Crippen LogP contribution is -2.49. The summed E-state index contributed by atoms with van der Waals surface area (Å²) in [6, 6.07) is 9.58. The lowest BCUT2D eigenvalue weighted by Gasteiger charge is -2.26. The van der Waals surface area contributed by atoms with Crippen LogP contribution in [0.2, 0.25) is 5.02 Å². The monoisotopic (exact) mass is 505 g/mol. The molecule has 6 nitrogen and oxygen atoms in total. The van der Waals surface area contributed by atoms with Gasteiger partial charge in [0.15, 0.2) is 0 Å². The summed E-state index contributed by atoms with van der Waals surface area (Å²) in [5, 5.41) is -0.467. The molecule has 3 rings (SSSR count). The van der Waals surface area contributed by atoms with Gasteiger partial charge in [0, 0.05) is 30.4 Å². The molecule has 32 heavy (non-hydrogen) atoms. The van der Waals surface area contributed by atoms with Crippen molar-refractivity contribution in [1.29, 1.82) is 0 Å². The van der Waals surface area contributed by atoms with Crippen LogP contribution < -0.4 is 9.62 Å². The third-order valence-electron chi connectivity index (χ3n) is 4.59. The molecule has 12 heteroatoms. The maximum absolute atomic E-state index is 13.2. The Balaban J connectivity index is 1.92. The van der Waals surface area contributed by atoms with Gasteiger partial charge in [-0.1, -0.05) is 41.4 Å². The van der Waals surface area contributed by atoms with Gasteiger partial charge in [0.1, 0.15) is 5.71 Å². The first-order chi connectivity index (χ1) is 14.9. The van der Waals surface area contributed by atoms with Gasteiger partial charge in [-0.15, -0.1) is 0 Å². The molecule has 170 valence electrons. The highest BCUT2D eigenvalue weighted by Crippen LogP contribution is 2.36. The SMILES string of the molecule is CN(C(=O)C1=NC=C(Cl)CC1NS(=O)(=O)c1ccc(Cl)c(C(F)(F)F)c1)c1ccccc1. The quantitative estimate of drug-likeness (QED) is 0.645. The number of carbonyl (C=O) groups is 1. The van der Waals surface area contributed by atoms with Gasteiger partial charge in [-0.25, -0.2) is 13.1 Å². The summed E-state index contributed by atoms with van der Waals surface area (Å²) in [5.74, 6) is -0.601. The van der Waals surface area contributed by atoms with Crippen molar-refractivity contribution in [3.05, 3.63) is 70.3 Å². The standard InChI is InChI=1S/C20H16Cl2F3N3O3S/c1-28(13-5-3-2-4-6-13)19(29)18-17(9-12(21)11-26-18)27-32(30,31)14-7-8-16(22)15(10-14)20(23,24)25/h2-8,10-11,17,27H,9H2,1H3. The fraction of sp³-hybridized carbons (Fsp3) is 0.200. The molecule has 0 radical (unpaired) electrons. The molecule has 2 aromatic rings. The van der Waals surface area contributed by atoms with Crippen LogP contribution >= 0.6 is 23.2 Å². The highest BCUT2D eigenvalue weighted by Gasteiger charge is 2.36. The van der Waals surface area contributed by atoms with E-state index in [-0.39, 0.29) is 17.2 Å². The van der Waals surface area contributed by atoms with Crippen molar-refractivity contribution in [2.75, 3.05) is 11.9 Å². The molecule has 1 unspecified atom stereocenters. The van der Waals surface area contributed by atoms with Gasteiger partial charge >= 0.3 is 6.18 Å². The smallest absolute Gasteiger partial charge is 0.310 e. The van der Waals surface area contributed by atoms with E-state index in [1.54, 1.807) is 30.3 Å². The number of carbonyl (C=O) groups excluding carboxylic acids is 1. The lowest BCUT2D eigenvalue weighted by atomic mass is 10.1. The molecule has 1 aliphatic heterocycles. The molecule has 1 aliphatic rings. The first-order valence-electron chi connectivity index (χ1n) is 9.04. The molecule has 0 spiro atoms. The van der Waals surface area contributed by atoms with Gasteiger partial charge in [0.05, 0.1) is 21.5 Å². The summed E-state index contributed by atoms with van der Waals surface area (Å²) in [6.07, 6.45) is -3.73. The maximum atomic E-state index is 13.2. The highest BCUT2D eigenvalue weighted by atomic mass is 35.5. The van der Waals surface area contributed by atoms with E-state index in [1.807, 2.05) is 0 Å². The fourth-order valence-electron chi connectivity index (χ4n) is 2.96. The molecular weight excluding hydrogens is 490 g/mol. The van der Waals surface area contributed by atoms with E-state index < -0.39 is 43.6 Å². The number of para-hydroxylation sites is 1. The topological polar surface area (TPSA) is 78.8 Å². The molecule has 0 saturated carbocycles. The van der Waals surface area contributed by atoms with Crippen LogP contribution in [0, 0.1) is 0 Å². The zero-order chi connectivity index (χ0) is 23.7. The van der Waals surface area contributed by atoms with Crippen LogP contribution in [0.3, 0.4) is 0 Å². The average Bonchev–Trinajstić information content (AvgIpc) is 2.72. The Morgan fingerprint density at radius 3 is 2.44 bits per heavy atom. The maximum Gasteiger partial charge on any atom is 0.417 e. The van der Waals surface area contributed by atoms with Gasteiger partial charge in [-0.3, -0.25) is 9.79 Å². The number of anilines is 1. The van der Waals surface area contributed by atoms with Crippen molar-refractivity contribution >= 4 is 50.5 Å². The number of nitrogens with zero attached hydrogens (tertiary/aromatic N) is 2. The van der Waals surface area contributed by atoms with Gasteiger partial charge in [0.25, 0.3) is 5.91 Å². The first-order valence-corrected chi connectivity index (χ1v) is 11.3. The second-order valence-corrected chi connectivity index (χ2v) is 9.41. The van der Waals surface area contributed by atoms with Crippen LogP contribution in [0.1, 0.15) is 12.0 Å². The number of rotatable bonds is 5. The number of alkyl halides is 3. The van der Waals surface area contributed by atoms with Crippen molar-refractivity contribution in [1.82, 2.24) is 4.72 Å². The Morgan fingerprint density at radius 1 is 1.16 bits per heavy atom. The molecule has 0 aromatic heterocycles. The second-order valence-electron chi connectivity index (χ2n) is 6.81. The number of nitrogens with one attached hydrogen (secondary N) is 1. The molecule has 0 saturated heterocycles. The van der Waals surface area contributed by atoms with Crippen LogP contribution in [0.25, 0.3) is 0 Å². The Morgan fingerprint density at radius 2 is 1.81 bits per heavy atom. The summed E-state index contributed by atoms with van der Waals surface area (Å²) in [6.45, 7) is 0. The van der Waals surface area contributed by atoms with Crippen molar-refractivity contribution in [2.45, 2.75) is 23.5 Å². The number of hydrogen-bond acceptors (Lipinski definition) is 4. The minimum absolute atomic E-state index is 0.103. The number of sulfonamides is 1. The normalized spacial score (nSPS) is 16.9. The van der Waals surface area contributed by atoms with Crippen LogP contribution in [0.4, 0.5) is 18.9 Å². The third-order valence-corrected chi connectivity index (χ3v) is 6.64. The average molecular weight is 506 g/mol. The number of amides is 1. The molecule has 1 atom stereocenters. The van der Waals surface area contributed by atoms with E-state index in [0.717, 1.165) is 12.1 Å². The van der Waals surface area contributed by atoms with E-state index in [1.165, 1.54) is 18.1 Å². The fourth-order valence-corrected chi connectivity index (χ4v) is 4.61. The minimum Gasteiger partial charge on any atom is -0.310 e. The van der Waals surface area contributed by atoms with E-state index in [0.29, 0.717) is 11.8 Å². The second kappa shape index (κ2) is 9.22. The molecule has 1 N–H and O–H groups in total. The summed E-state index contributed by atoms with van der Waals surface area (Å²) in [4.78, 5) is 17.6. The Kier molecular flexibility index (Phi) is 6.99. The summed E-state index contributed by atoms with van der Waals surface area (Å²) >= 11 is 11.6. The molecule has 1 amide bonds. The van der Waals surface area contributed by atoms with Gasteiger partial charge in [-0.05, 0) is 30.3 Å². The molecule has 0 aliphatic carbocycles. The van der Waals surface area contributed by atoms with E-state index in [2.05, 4.69) is 9.71 Å². The van der Waals surface area contributed by atoms with Crippen molar-refractivity contribution in [2.24, 2.45) is 4.99 Å². The molecule has 0 fully saturated rings. The van der Waals surface area contributed by atoms with Crippen molar-refractivity contribution < 1.29 is 26.4 Å². The van der Waals surface area contributed by atoms with Crippen LogP contribution in [0.5, 0.6) is 0 Å². The number of halogens is 5. The zero-order valence-corrected chi connectivity index (χ0v) is 18.7. The molecule has 0 bridgehead atoms. The summed E-state index contributed by atoms with van der Waals surface area (Å²) in [7, 11) is -3.00. The van der Waals surface area contributed by atoms with E-state index in [9.17, 15) is 26.4 Å². The number of benzene rings is 2. The van der Waals surface area contributed by atoms with Crippen molar-refractivity contribution in [3.8, 4) is 0 Å². The largest absolute Gasteiger partial charge is 0.417 e. The van der Waals surface area contributed by atoms with Crippen molar-refractivity contribution in [3.63, 3.8) is 0 Å². The number of hydrogen-bond donors (Lipinski definition) is 1. The predicted molar refractivity (Wildman–Crippen MR) is 116 cm³/mol. The Labute approximate surface area is 192 Å². The number of aliphatic imine (C=N–C) groups is 1. The van der Waals surface area contributed by atoms with Gasteiger partial charge < -0.3 is 4.90 Å².